The molecule has 1 aromatic carbocycles. The first-order valence-corrected chi connectivity index (χ1v) is 7.51. The van der Waals surface area contributed by atoms with Crippen LogP contribution in [-0.4, -0.2) is 5.91 Å². The Bertz CT molecular complexity index is 403. The van der Waals surface area contributed by atoms with E-state index in [1.165, 1.54) is 0 Å². The number of hydrogen-bond acceptors (Lipinski definition) is 1. The van der Waals surface area contributed by atoms with Gasteiger partial charge in [0.2, 0.25) is 5.91 Å². The molecule has 2 nitrogen and oxygen atoms in total. The average molecular weight is 333 g/mol. The maximum absolute atomic E-state index is 12.2. The molecule has 1 aromatic rings. The smallest absolute Gasteiger partial charge is 0.227 e. The molecule has 0 radical (unpaired) electrons. The summed E-state index contributed by atoms with van der Waals surface area (Å²) in [6.07, 6.45) is 3.90. The Morgan fingerprint density at radius 2 is 1.94 bits per heavy atom. The fraction of sp³-hybridized carbons (Fsp3) is 0.500. The van der Waals surface area contributed by atoms with Gasteiger partial charge in [0.25, 0.3) is 0 Å². The van der Waals surface area contributed by atoms with E-state index in [1.807, 2.05) is 6.07 Å². The molecule has 18 heavy (non-hydrogen) atoms. The van der Waals surface area contributed by atoms with Crippen LogP contribution in [-0.2, 0) is 4.79 Å². The number of benzene rings is 1. The molecule has 0 aliphatic carbocycles. The molecular weight excluding hydrogens is 314 g/mol. The van der Waals surface area contributed by atoms with Crippen LogP contribution in [0.15, 0.2) is 22.7 Å². The van der Waals surface area contributed by atoms with Crippen molar-refractivity contribution in [1.29, 1.82) is 0 Å². The topological polar surface area (TPSA) is 29.1 Å². The molecule has 0 spiro atoms. The van der Waals surface area contributed by atoms with E-state index < -0.39 is 0 Å². The van der Waals surface area contributed by atoms with Crippen molar-refractivity contribution < 1.29 is 4.79 Å². The molecular formula is C14H19BrClNO. The fourth-order valence-corrected chi connectivity index (χ4v) is 2.45. The molecule has 0 saturated heterocycles. The molecule has 0 bridgehead atoms. The molecule has 4 heteroatoms. The molecule has 1 amide bonds. The van der Waals surface area contributed by atoms with Crippen LogP contribution in [0.5, 0.6) is 0 Å². The molecule has 1 N–H and O–H groups in total. The second-order valence-corrected chi connectivity index (χ2v) is 5.68. The summed E-state index contributed by atoms with van der Waals surface area (Å²) in [5.74, 6) is 0.174. The summed E-state index contributed by atoms with van der Waals surface area (Å²) in [5.41, 5.74) is 0.740. The zero-order valence-electron chi connectivity index (χ0n) is 10.8. The van der Waals surface area contributed by atoms with Crippen molar-refractivity contribution in [2.45, 2.75) is 39.5 Å². The van der Waals surface area contributed by atoms with Gasteiger partial charge in [0.05, 0.1) is 5.69 Å². The monoisotopic (exact) mass is 331 g/mol. The van der Waals surface area contributed by atoms with Crippen LogP contribution in [0.4, 0.5) is 5.69 Å². The Labute approximate surface area is 122 Å². The minimum atomic E-state index is 0.0849. The summed E-state index contributed by atoms with van der Waals surface area (Å²) >= 11 is 9.34. The van der Waals surface area contributed by atoms with E-state index >= 15 is 0 Å². The Morgan fingerprint density at radius 1 is 1.33 bits per heavy atom. The first-order valence-electron chi connectivity index (χ1n) is 6.34. The van der Waals surface area contributed by atoms with Crippen LogP contribution in [0.1, 0.15) is 39.5 Å². The highest BCUT2D eigenvalue weighted by Gasteiger charge is 2.17. The van der Waals surface area contributed by atoms with Gasteiger partial charge in [-0.2, -0.15) is 0 Å². The molecule has 0 aromatic heterocycles. The third-order valence-corrected chi connectivity index (χ3v) is 3.76. The summed E-state index contributed by atoms with van der Waals surface area (Å²) in [4.78, 5) is 12.2. The number of rotatable bonds is 6. The summed E-state index contributed by atoms with van der Waals surface area (Å²) in [7, 11) is 0. The van der Waals surface area contributed by atoms with Gasteiger partial charge in [0.1, 0.15) is 0 Å². The van der Waals surface area contributed by atoms with Crippen molar-refractivity contribution in [3.05, 3.63) is 27.7 Å². The van der Waals surface area contributed by atoms with Crippen LogP contribution in [0.25, 0.3) is 0 Å². The first kappa shape index (κ1) is 15.5. The van der Waals surface area contributed by atoms with Gasteiger partial charge in [-0.1, -0.05) is 38.3 Å². The van der Waals surface area contributed by atoms with Crippen LogP contribution >= 0.6 is 27.5 Å². The van der Waals surface area contributed by atoms with Gasteiger partial charge < -0.3 is 5.32 Å². The van der Waals surface area contributed by atoms with Gasteiger partial charge >= 0.3 is 0 Å². The number of hydrogen-bond donors (Lipinski definition) is 1. The summed E-state index contributed by atoms with van der Waals surface area (Å²) < 4.78 is 0.854. The Kier molecular flexibility index (Phi) is 6.72. The number of carbonyl (C=O) groups is 1. The van der Waals surface area contributed by atoms with Crippen LogP contribution in [0.2, 0.25) is 5.02 Å². The van der Waals surface area contributed by atoms with E-state index in [0.29, 0.717) is 5.02 Å². The van der Waals surface area contributed by atoms with Gasteiger partial charge in [-0.25, -0.2) is 0 Å². The standard InChI is InChI=1S/C14H19BrClNO/c1-3-5-10(6-4-2)14(18)17-13-9-11(16)7-8-12(13)15/h7-10H,3-6H2,1-2H3,(H,17,18). The molecule has 0 atom stereocenters. The second-order valence-electron chi connectivity index (χ2n) is 4.39. The van der Waals surface area contributed by atoms with Gasteiger partial charge in [-0.15, -0.1) is 0 Å². The largest absolute Gasteiger partial charge is 0.325 e. The maximum Gasteiger partial charge on any atom is 0.227 e. The zero-order valence-corrected chi connectivity index (χ0v) is 13.1. The normalized spacial score (nSPS) is 10.7. The van der Waals surface area contributed by atoms with Crippen molar-refractivity contribution in [3.63, 3.8) is 0 Å². The maximum atomic E-state index is 12.2. The van der Waals surface area contributed by atoms with Crippen molar-refractivity contribution >= 4 is 39.1 Å². The lowest BCUT2D eigenvalue weighted by molar-refractivity contribution is -0.120. The fourth-order valence-electron chi connectivity index (χ4n) is 1.93. The van der Waals surface area contributed by atoms with Gasteiger partial charge in [-0.05, 0) is 47.0 Å². The Balaban J connectivity index is 2.75. The summed E-state index contributed by atoms with van der Waals surface area (Å²) in [6, 6.07) is 5.39. The highest BCUT2D eigenvalue weighted by atomic mass is 79.9. The third kappa shape index (κ3) is 4.62. The highest BCUT2D eigenvalue weighted by Crippen LogP contribution is 2.27. The Morgan fingerprint density at radius 3 is 2.50 bits per heavy atom. The van der Waals surface area contributed by atoms with E-state index in [-0.39, 0.29) is 11.8 Å². The summed E-state index contributed by atoms with van der Waals surface area (Å²) in [6.45, 7) is 4.20. The third-order valence-electron chi connectivity index (χ3n) is 2.83. The van der Waals surface area contributed by atoms with Crippen LogP contribution in [0.3, 0.4) is 0 Å². The molecule has 0 fully saturated rings. The lowest BCUT2D eigenvalue weighted by atomic mass is 9.97. The van der Waals surface area contributed by atoms with Crippen molar-refractivity contribution in [2.24, 2.45) is 5.92 Å². The molecule has 0 unspecified atom stereocenters. The van der Waals surface area contributed by atoms with Crippen molar-refractivity contribution in [2.75, 3.05) is 5.32 Å². The minimum Gasteiger partial charge on any atom is -0.325 e. The SMILES string of the molecule is CCCC(CCC)C(=O)Nc1cc(Cl)ccc1Br. The molecule has 1 rings (SSSR count). The van der Waals surface area contributed by atoms with Gasteiger partial charge in [0, 0.05) is 15.4 Å². The number of nitrogens with one attached hydrogen (secondary N) is 1. The Hall–Kier alpha value is -0.540. The first-order chi connectivity index (χ1) is 8.58. The highest BCUT2D eigenvalue weighted by molar-refractivity contribution is 9.10. The van der Waals surface area contributed by atoms with E-state index in [2.05, 4.69) is 35.1 Å². The minimum absolute atomic E-state index is 0.0849. The number of carbonyl (C=O) groups excluding carboxylic acids is 1. The van der Waals surface area contributed by atoms with Crippen LogP contribution < -0.4 is 5.32 Å². The van der Waals surface area contributed by atoms with E-state index in [9.17, 15) is 4.79 Å². The molecule has 0 aliphatic heterocycles. The predicted molar refractivity (Wildman–Crippen MR) is 81.1 cm³/mol. The zero-order chi connectivity index (χ0) is 13.5. The van der Waals surface area contributed by atoms with Crippen molar-refractivity contribution in [1.82, 2.24) is 0 Å². The molecule has 0 saturated carbocycles. The quantitative estimate of drug-likeness (QED) is 0.756. The van der Waals surface area contributed by atoms with E-state index in [4.69, 9.17) is 11.6 Å². The second kappa shape index (κ2) is 7.80. The molecule has 100 valence electrons. The summed E-state index contributed by atoms with van der Waals surface area (Å²) in [5, 5.41) is 3.57. The van der Waals surface area contributed by atoms with E-state index in [0.717, 1.165) is 35.8 Å². The van der Waals surface area contributed by atoms with Gasteiger partial charge in [-0.3, -0.25) is 4.79 Å². The van der Waals surface area contributed by atoms with Crippen LogP contribution in [0, 0.1) is 5.92 Å². The van der Waals surface area contributed by atoms with Crippen molar-refractivity contribution in [3.8, 4) is 0 Å². The molecule has 0 aliphatic rings. The number of amides is 1. The van der Waals surface area contributed by atoms with Gasteiger partial charge in [0.15, 0.2) is 0 Å². The lowest BCUT2D eigenvalue weighted by Gasteiger charge is -2.16. The molecule has 0 heterocycles. The number of anilines is 1. The number of halogens is 2. The average Bonchev–Trinajstić information content (AvgIpc) is 2.33. The predicted octanol–water partition coefficient (Wildman–Crippen LogP) is 5.26. The lowest BCUT2D eigenvalue weighted by Crippen LogP contribution is -2.22. The van der Waals surface area contributed by atoms with E-state index in [1.54, 1.807) is 12.1 Å².